The Kier molecular flexibility index (Phi) is 7.20. The molecule has 0 amide bonds. The summed E-state index contributed by atoms with van der Waals surface area (Å²) in [6, 6.07) is 11.2. The van der Waals surface area contributed by atoms with Gasteiger partial charge in [-0.05, 0) is 55.1 Å². The molecular weight excluding hydrogens is 409 g/mol. The van der Waals surface area contributed by atoms with Crippen molar-refractivity contribution in [3.8, 4) is 11.1 Å². The van der Waals surface area contributed by atoms with Gasteiger partial charge in [-0.1, -0.05) is 24.3 Å². The van der Waals surface area contributed by atoms with Gasteiger partial charge in [-0.2, -0.15) is 0 Å². The van der Waals surface area contributed by atoms with Crippen LogP contribution in [0.15, 0.2) is 53.6 Å². The maximum atomic E-state index is 13.7. The van der Waals surface area contributed by atoms with Crippen LogP contribution < -0.4 is 10.9 Å². The predicted molar refractivity (Wildman–Crippen MR) is 116 cm³/mol. The minimum Gasteiger partial charge on any atom is -0.392 e. The fourth-order valence-corrected chi connectivity index (χ4v) is 4.00. The molecule has 6 nitrogen and oxygen atoms in total. The van der Waals surface area contributed by atoms with E-state index in [1.54, 1.807) is 30.3 Å². The predicted octanol–water partition coefficient (Wildman–Crippen LogP) is 2.49. The number of nitrogens with one attached hydrogen (secondary N) is 1. The lowest BCUT2D eigenvalue weighted by Gasteiger charge is -2.30. The van der Waals surface area contributed by atoms with Crippen molar-refractivity contribution in [3.05, 3.63) is 65.0 Å². The molecule has 160 valence electrons. The van der Waals surface area contributed by atoms with Gasteiger partial charge in [0.1, 0.15) is 5.82 Å². The summed E-state index contributed by atoms with van der Waals surface area (Å²) in [4.78, 5) is 17.5. The maximum absolute atomic E-state index is 13.7. The smallest absolute Gasteiger partial charge is 0.261 e. The largest absolute Gasteiger partial charge is 0.392 e. The first-order valence-corrected chi connectivity index (χ1v) is 9.86. The topological polar surface area (TPSA) is 87.4 Å². The maximum Gasteiger partial charge on any atom is 0.261 e. The molecule has 1 saturated heterocycles. The SMILES string of the molecule is Cl.O=c1c2c(-c3cccc(F)c3)cccc2ncn1C[C@@H](O)C[C@H]1NCCC[C@@H]1O. The van der Waals surface area contributed by atoms with E-state index in [1.165, 1.54) is 23.0 Å². The molecule has 1 aliphatic heterocycles. The average molecular weight is 434 g/mol. The van der Waals surface area contributed by atoms with Crippen molar-refractivity contribution in [2.75, 3.05) is 6.54 Å². The van der Waals surface area contributed by atoms with Crippen LogP contribution in [-0.4, -0.2) is 44.6 Å². The molecule has 0 spiro atoms. The van der Waals surface area contributed by atoms with Gasteiger partial charge in [-0.25, -0.2) is 9.37 Å². The highest BCUT2D eigenvalue weighted by Gasteiger charge is 2.25. The van der Waals surface area contributed by atoms with E-state index in [1.807, 2.05) is 0 Å². The van der Waals surface area contributed by atoms with E-state index in [4.69, 9.17) is 0 Å². The van der Waals surface area contributed by atoms with Gasteiger partial charge in [0.05, 0.1) is 36.0 Å². The first-order valence-electron chi connectivity index (χ1n) is 9.86. The fourth-order valence-electron chi connectivity index (χ4n) is 4.00. The molecule has 3 atom stereocenters. The van der Waals surface area contributed by atoms with Crippen molar-refractivity contribution in [2.24, 2.45) is 0 Å². The van der Waals surface area contributed by atoms with Gasteiger partial charge in [0.25, 0.3) is 5.56 Å². The number of piperidine rings is 1. The van der Waals surface area contributed by atoms with Gasteiger partial charge < -0.3 is 15.5 Å². The number of fused-ring (bicyclic) bond motifs is 1. The Balaban J connectivity index is 0.00000256. The number of halogens is 2. The number of hydrogen-bond acceptors (Lipinski definition) is 5. The highest BCUT2D eigenvalue weighted by Crippen LogP contribution is 2.26. The number of hydrogen-bond donors (Lipinski definition) is 3. The zero-order valence-electron chi connectivity index (χ0n) is 16.4. The molecule has 0 radical (unpaired) electrons. The molecule has 2 aromatic carbocycles. The molecule has 3 N–H and O–H groups in total. The standard InChI is InChI=1S/C22H24FN3O3.ClH/c23-15-5-1-4-14(10-15)17-6-2-7-18-21(17)22(29)26(13-25-18)12-16(27)11-19-20(28)8-3-9-24-19;/h1-2,4-7,10,13,16,19-20,24,27-28H,3,8-9,11-12H2;1H/t16-,19+,20-;/m0./s1. The van der Waals surface area contributed by atoms with Crippen LogP contribution in [0.25, 0.3) is 22.0 Å². The molecule has 1 fully saturated rings. The molecule has 0 unspecified atom stereocenters. The van der Waals surface area contributed by atoms with E-state index in [9.17, 15) is 19.4 Å². The van der Waals surface area contributed by atoms with Gasteiger partial charge in [0.15, 0.2) is 0 Å². The van der Waals surface area contributed by atoms with Crippen molar-refractivity contribution in [1.82, 2.24) is 14.9 Å². The highest BCUT2D eigenvalue weighted by atomic mass is 35.5. The van der Waals surface area contributed by atoms with E-state index >= 15 is 0 Å². The Bertz CT molecular complexity index is 1070. The van der Waals surface area contributed by atoms with E-state index in [0.717, 1.165) is 13.0 Å². The summed E-state index contributed by atoms with van der Waals surface area (Å²) in [6.45, 7) is 0.882. The minimum atomic E-state index is -0.807. The molecule has 4 rings (SSSR count). The molecular formula is C22H25ClFN3O3. The monoisotopic (exact) mass is 433 g/mol. The summed E-state index contributed by atoms with van der Waals surface area (Å²) in [7, 11) is 0. The van der Waals surface area contributed by atoms with E-state index in [-0.39, 0.29) is 36.4 Å². The average Bonchev–Trinajstić information content (AvgIpc) is 2.71. The zero-order valence-corrected chi connectivity index (χ0v) is 17.2. The Hall–Kier alpha value is -2.32. The lowest BCUT2D eigenvalue weighted by Crippen LogP contribution is -2.47. The third kappa shape index (κ3) is 4.70. The van der Waals surface area contributed by atoms with Crippen molar-refractivity contribution >= 4 is 23.3 Å². The van der Waals surface area contributed by atoms with Crippen LogP contribution in [0.4, 0.5) is 4.39 Å². The summed E-state index contributed by atoms with van der Waals surface area (Å²) >= 11 is 0. The molecule has 0 aliphatic carbocycles. The van der Waals surface area contributed by atoms with E-state index in [2.05, 4.69) is 10.3 Å². The molecule has 30 heavy (non-hydrogen) atoms. The molecule has 1 aliphatic rings. The van der Waals surface area contributed by atoms with Crippen LogP contribution in [0.5, 0.6) is 0 Å². The summed E-state index contributed by atoms with van der Waals surface area (Å²) < 4.78 is 15.1. The van der Waals surface area contributed by atoms with Gasteiger partial charge >= 0.3 is 0 Å². The Morgan fingerprint density at radius 2 is 2.07 bits per heavy atom. The molecule has 3 aromatic rings. The highest BCUT2D eigenvalue weighted by molar-refractivity contribution is 5.93. The zero-order chi connectivity index (χ0) is 20.4. The van der Waals surface area contributed by atoms with Crippen molar-refractivity contribution in [2.45, 2.75) is 44.1 Å². The number of aromatic nitrogens is 2. The van der Waals surface area contributed by atoms with Crippen LogP contribution in [0.2, 0.25) is 0 Å². The lowest BCUT2D eigenvalue weighted by molar-refractivity contribution is 0.0539. The normalized spacial score (nSPS) is 20.0. The number of benzene rings is 2. The van der Waals surface area contributed by atoms with E-state index < -0.39 is 12.2 Å². The second kappa shape index (κ2) is 9.66. The number of rotatable bonds is 5. The Morgan fingerprint density at radius 3 is 2.83 bits per heavy atom. The van der Waals surface area contributed by atoms with Gasteiger partial charge in [0.2, 0.25) is 0 Å². The minimum absolute atomic E-state index is 0. The third-order valence-electron chi connectivity index (χ3n) is 5.47. The van der Waals surface area contributed by atoms with Crippen LogP contribution in [-0.2, 0) is 6.54 Å². The molecule has 0 bridgehead atoms. The van der Waals surface area contributed by atoms with Crippen molar-refractivity contribution in [3.63, 3.8) is 0 Å². The van der Waals surface area contributed by atoms with Crippen LogP contribution in [0.3, 0.4) is 0 Å². The Labute approximate surface area is 179 Å². The number of aliphatic hydroxyl groups is 2. The van der Waals surface area contributed by atoms with Crippen molar-refractivity contribution in [1.29, 1.82) is 0 Å². The van der Waals surface area contributed by atoms with Crippen molar-refractivity contribution < 1.29 is 14.6 Å². The fraction of sp³-hybridized carbons (Fsp3) is 0.364. The van der Waals surface area contributed by atoms with Crippen LogP contribution in [0, 0.1) is 5.82 Å². The van der Waals surface area contributed by atoms with Crippen LogP contribution in [0.1, 0.15) is 19.3 Å². The third-order valence-corrected chi connectivity index (χ3v) is 5.47. The molecule has 0 saturated carbocycles. The lowest BCUT2D eigenvalue weighted by atomic mass is 9.96. The summed E-state index contributed by atoms with van der Waals surface area (Å²) in [6.07, 6.45) is 2.08. The quantitative estimate of drug-likeness (QED) is 0.575. The molecule has 1 aromatic heterocycles. The van der Waals surface area contributed by atoms with Crippen LogP contribution >= 0.6 is 12.4 Å². The summed E-state index contributed by atoms with van der Waals surface area (Å²) in [5, 5.41) is 24.2. The second-order valence-electron chi connectivity index (χ2n) is 7.57. The van der Waals surface area contributed by atoms with Gasteiger partial charge in [0, 0.05) is 6.04 Å². The van der Waals surface area contributed by atoms with Gasteiger partial charge in [-0.15, -0.1) is 12.4 Å². The van der Waals surface area contributed by atoms with Gasteiger partial charge in [-0.3, -0.25) is 9.36 Å². The van der Waals surface area contributed by atoms with E-state index in [0.29, 0.717) is 34.9 Å². The number of aliphatic hydroxyl groups excluding tert-OH is 2. The molecule has 8 heteroatoms. The summed E-state index contributed by atoms with van der Waals surface area (Å²) in [5.41, 5.74) is 1.44. The first kappa shape index (κ1) is 22.4. The molecule has 2 heterocycles. The second-order valence-corrected chi connectivity index (χ2v) is 7.57. The number of nitrogens with zero attached hydrogens (tertiary/aromatic N) is 2. The Morgan fingerprint density at radius 1 is 1.27 bits per heavy atom. The summed E-state index contributed by atoms with van der Waals surface area (Å²) in [5.74, 6) is -0.377. The first-order chi connectivity index (χ1) is 14.0.